The van der Waals surface area contributed by atoms with E-state index in [0.29, 0.717) is 47.6 Å². The number of fused-ring (bicyclic) bond motifs is 4. The van der Waals surface area contributed by atoms with Crippen molar-refractivity contribution in [2.45, 2.75) is 24.6 Å². The zero-order valence-corrected chi connectivity index (χ0v) is 24.2. The van der Waals surface area contributed by atoms with E-state index < -0.39 is 6.04 Å². The van der Waals surface area contributed by atoms with E-state index in [9.17, 15) is 14.4 Å². The van der Waals surface area contributed by atoms with E-state index in [0.717, 1.165) is 30.0 Å². The summed E-state index contributed by atoms with van der Waals surface area (Å²) in [4.78, 5) is 59.2. The van der Waals surface area contributed by atoms with Gasteiger partial charge in [0.15, 0.2) is 5.17 Å². The molecule has 2 aromatic carbocycles. The number of hydrogen-bond acceptors (Lipinski definition) is 8. The Balaban J connectivity index is 1.06. The standard InChI is InChI=1S/C32H29N7O3S/c40-28(37-18-16-36(17-19-37)23-8-2-1-3-9-23)14-13-26-31(42)35-30-24-10-4-5-11-25(24)34-32(39(26)30)43-21-22-20-29(41)38-15-7-6-12-27(38)33-22/h1-12,15,20,26H,13-14,16-19,21H2. The van der Waals surface area contributed by atoms with Crippen molar-refractivity contribution in [3.05, 3.63) is 107 Å². The first-order valence-corrected chi connectivity index (χ1v) is 15.3. The van der Waals surface area contributed by atoms with Crippen LogP contribution in [0.15, 0.2) is 99.8 Å². The van der Waals surface area contributed by atoms with Crippen LogP contribution < -0.4 is 10.5 Å². The fourth-order valence-electron chi connectivity index (χ4n) is 5.76. The fourth-order valence-corrected chi connectivity index (χ4v) is 6.70. The number of amides is 2. The summed E-state index contributed by atoms with van der Waals surface area (Å²) >= 11 is 1.41. The SMILES string of the molecule is O=C1N=C2c3ccccc3N=C(SCc3cc(=O)n4ccccc4n3)N2C1CCC(=O)N1CCN(c2ccccc2)CC1. The summed E-state index contributed by atoms with van der Waals surface area (Å²) in [6.45, 7) is 2.83. The van der Waals surface area contributed by atoms with Crippen LogP contribution in [-0.4, -0.2) is 74.2 Å². The Bertz CT molecular complexity index is 1830. The number of carbonyl (C=O) groups is 2. The topological polar surface area (TPSA) is 103 Å². The van der Waals surface area contributed by atoms with Crippen molar-refractivity contribution in [3.63, 3.8) is 0 Å². The fraction of sp³-hybridized carbons (Fsp3) is 0.250. The van der Waals surface area contributed by atoms with Crippen molar-refractivity contribution in [1.82, 2.24) is 19.2 Å². The quantitative estimate of drug-likeness (QED) is 0.337. The number of nitrogens with zero attached hydrogens (tertiary/aromatic N) is 7. The lowest BCUT2D eigenvalue weighted by Crippen LogP contribution is -2.49. The lowest BCUT2D eigenvalue weighted by molar-refractivity contribution is -0.131. The monoisotopic (exact) mass is 591 g/mol. The molecule has 1 atom stereocenters. The molecule has 7 rings (SSSR count). The maximum atomic E-state index is 13.3. The van der Waals surface area contributed by atoms with Crippen molar-refractivity contribution in [2.75, 3.05) is 31.1 Å². The zero-order chi connectivity index (χ0) is 29.3. The minimum Gasteiger partial charge on any atom is -0.368 e. The summed E-state index contributed by atoms with van der Waals surface area (Å²) in [6.07, 6.45) is 2.27. The molecule has 0 bridgehead atoms. The lowest BCUT2D eigenvalue weighted by Gasteiger charge is -2.36. The number of rotatable bonds is 6. The van der Waals surface area contributed by atoms with Crippen molar-refractivity contribution >= 4 is 51.6 Å². The van der Waals surface area contributed by atoms with Crippen LogP contribution in [0.4, 0.5) is 11.4 Å². The third-order valence-corrected chi connectivity index (χ3v) is 8.95. The summed E-state index contributed by atoms with van der Waals surface area (Å²) in [6, 6.07) is 24.1. The minimum atomic E-state index is -0.626. The molecule has 11 heteroatoms. The first-order chi connectivity index (χ1) is 21.0. The molecule has 10 nitrogen and oxygen atoms in total. The van der Waals surface area contributed by atoms with Crippen molar-refractivity contribution in [3.8, 4) is 0 Å². The molecule has 0 radical (unpaired) electrons. The number of benzene rings is 2. The Morgan fingerprint density at radius 3 is 2.49 bits per heavy atom. The average molecular weight is 592 g/mol. The molecule has 4 aromatic rings. The van der Waals surface area contributed by atoms with E-state index in [1.54, 1.807) is 18.3 Å². The van der Waals surface area contributed by atoms with Gasteiger partial charge in [-0.2, -0.15) is 4.99 Å². The molecule has 0 aliphatic carbocycles. The number of aliphatic imine (C=N–C) groups is 2. The van der Waals surface area contributed by atoms with Gasteiger partial charge in [-0.3, -0.25) is 23.7 Å². The third kappa shape index (κ3) is 5.32. The van der Waals surface area contributed by atoms with Crippen LogP contribution in [0.3, 0.4) is 0 Å². The smallest absolute Gasteiger partial charge is 0.270 e. The summed E-state index contributed by atoms with van der Waals surface area (Å²) in [7, 11) is 0. The Hall–Kier alpha value is -4.77. The van der Waals surface area contributed by atoms with E-state index in [1.807, 2.05) is 58.3 Å². The van der Waals surface area contributed by atoms with Crippen LogP contribution in [-0.2, 0) is 15.3 Å². The first kappa shape index (κ1) is 27.1. The van der Waals surface area contributed by atoms with Gasteiger partial charge in [0, 0.05) is 61.9 Å². The van der Waals surface area contributed by atoms with Crippen LogP contribution in [0.1, 0.15) is 24.1 Å². The molecule has 1 unspecified atom stereocenters. The zero-order valence-electron chi connectivity index (χ0n) is 23.4. The summed E-state index contributed by atoms with van der Waals surface area (Å²) in [5.74, 6) is 0.706. The highest BCUT2D eigenvalue weighted by Crippen LogP contribution is 2.36. The van der Waals surface area contributed by atoms with Crippen LogP contribution in [0.2, 0.25) is 0 Å². The van der Waals surface area contributed by atoms with Gasteiger partial charge in [-0.05, 0) is 42.8 Å². The number of amidine groups is 2. The Morgan fingerprint density at radius 1 is 0.884 bits per heavy atom. The van der Waals surface area contributed by atoms with Gasteiger partial charge < -0.3 is 9.80 Å². The van der Waals surface area contributed by atoms with Crippen LogP contribution >= 0.6 is 11.8 Å². The predicted octanol–water partition coefficient (Wildman–Crippen LogP) is 3.72. The maximum absolute atomic E-state index is 13.3. The van der Waals surface area contributed by atoms with Gasteiger partial charge in [-0.25, -0.2) is 9.98 Å². The number of anilines is 1. The number of pyridine rings is 1. The van der Waals surface area contributed by atoms with Crippen LogP contribution in [0.25, 0.3) is 5.65 Å². The second-order valence-corrected chi connectivity index (χ2v) is 11.6. The van der Waals surface area contributed by atoms with Gasteiger partial charge in [0.2, 0.25) is 5.91 Å². The number of aromatic nitrogens is 2. The lowest BCUT2D eigenvalue weighted by atomic mass is 10.1. The van der Waals surface area contributed by atoms with E-state index in [1.165, 1.54) is 22.2 Å². The van der Waals surface area contributed by atoms with E-state index in [4.69, 9.17) is 4.99 Å². The predicted molar refractivity (Wildman–Crippen MR) is 168 cm³/mol. The van der Waals surface area contributed by atoms with E-state index >= 15 is 0 Å². The largest absolute Gasteiger partial charge is 0.368 e. The minimum absolute atomic E-state index is 0.0401. The van der Waals surface area contributed by atoms with Gasteiger partial charge in [0.05, 0.1) is 11.4 Å². The second kappa shape index (κ2) is 11.5. The number of hydrogen-bond donors (Lipinski definition) is 0. The number of para-hydroxylation sites is 2. The molecular weight excluding hydrogens is 562 g/mol. The molecule has 2 amide bonds. The molecule has 0 N–H and O–H groups in total. The highest BCUT2D eigenvalue weighted by atomic mass is 32.2. The number of carbonyl (C=O) groups excluding carboxylic acids is 2. The molecule has 0 spiro atoms. The van der Waals surface area contributed by atoms with Gasteiger partial charge in [-0.1, -0.05) is 48.2 Å². The van der Waals surface area contributed by atoms with Gasteiger partial charge in [0.25, 0.3) is 11.5 Å². The van der Waals surface area contributed by atoms with Gasteiger partial charge >= 0.3 is 0 Å². The van der Waals surface area contributed by atoms with E-state index in [-0.39, 0.29) is 23.8 Å². The van der Waals surface area contributed by atoms with E-state index in [2.05, 4.69) is 27.0 Å². The van der Waals surface area contributed by atoms with Crippen molar-refractivity contribution in [1.29, 1.82) is 0 Å². The molecular formula is C32H29N7O3S. The summed E-state index contributed by atoms with van der Waals surface area (Å²) in [5, 5.41) is 0.604. The normalized spacial score (nSPS) is 17.9. The highest BCUT2D eigenvalue weighted by molar-refractivity contribution is 8.13. The number of piperazine rings is 1. The number of thioether (sulfide) groups is 1. The molecule has 5 heterocycles. The molecule has 3 aliphatic rings. The first-order valence-electron chi connectivity index (χ1n) is 14.3. The summed E-state index contributed by atoms with van der Waals surface area (Å²) in [5.41, 5.74) is 3.71. The highest BCUT2D eigenvalue weighted by Gasteiger charge is 2.42. The Labute approximate surface area is 252 Å². The van der Waals surface area contributed by atoms with Crippen molar-refractivity contribution < 1.29 is 9.59 Å². The molecule has 1 saturated heterocycles. The Morgan fingerprint density at radius 2 is 1.65 bits per heavy atom. The molecule has 1 fully saturated rings. The summed E-state index contributed by atoms with van der Waals surface area (Å²) < 4.78 is 1.50. The maximum Gasteiger partial charge on any atom is 0.270 e. The average Bonchev–Trinajstić information content (AvgIpc) is 3.39. The molecule has 3 aliphatic heterocycles. The van der Waals surface area contributed by atoms with Crippen molar-refractivity contribution in [2.24, 2.45) is 9.98 Å². The molecule has 0 saturated carbocycles. The van der Waals surface area contributed by atoms with Gasteiger partial charge in [-0.15, -0.1) is 0 Å². The van der Waals surface area contributed by atoms with Crippen LogP contribution in [0, 0.1) is 0 Å². The third-order valence-electron chi connectivity index (χ3n) is 7.97. The van der Waals surface area contributed by atoms with Gasteiger partial charge in [0.1, 0.15) is 17.5 Å². The molecule has 216 valence electrons. The molecule has 2 aromatic heterocycles. The Kier molecular flexibility index (Phi) is 7.23. The second-order valence-electron chi connectivity index (χ2n) is 10.6. The molecule has 43 heavy (non-hydrogen) atoms. The van der Waals surface area contributed by atoms with Crippen LogP contribution in [0.5, 0.6) is 0 Å².